The van der Waals surface area contributed by atoms with Crippen LogP contribution < -0.4 is 10.6 Å². The zero-order chi connectivity index (χ0) is 15.6. The molecule has 6 nitrogen and oxygen atoms in total. The number of aryl methyl sites for hydroxylation is 1. The van der Waals surface area contributed by atoms with Crippen LogP contribution in [-0.4, -0.2) is 52.4 Å². The van der Waals surface area contributed by atoms with Crippen molar-refractivity contribution >= 4 is 41.7 Å². The first-order valence-corrected chi connectivity index (χ1v) is 9.66. The first-order valence-electron chi connectivity index (χ1n) is 8.27. The minimum atomic E-state index is 0. The summed E-state index contributed by atoms with van der Waals surface area (Å²) in [5.74, 6) is 4.21. The van der Waals surface area contributed by atoms with Crippen molar-refractivity contribution in [2.75, 3.05) is 31.6 Å². The third-order valence-corrected chi connectivity index (χ3v) is 4.33. The second kappa shape index (κ2) is 11.9. The average Bonchev–Trinajstić information content (AvgIpc) is 2.75. The molecule has 23 heavy (non-hydrogen) atoms. The SMILES string of the molecule is CCNC(=NCCSC)NCCc1nnc2n1CCCCC2.I. The minimum Gasteiger partial charge on any atom is -0.357 e. The fourth-order valence-electron chi connectivity index (χ4n) is 2.61. The smallest absolute Gasteiger partial charge is 0.191 e. The zero-order valence-electron chi connectivity index (χ0n) is 14.2. The van der Waals surface area contributed by atoms with Gasteiger partial charge in [-0.1, -0.05) is 6.42 Å². The Hall–Kier alpha value is -0.510. The second-order valence-electron chi connectivity index (χ2n) is 5.42. The summed E-state index contributed by atoms with van der Waals surface area (Å²) in [6.07, 6.45) is 7.84. The molecule has 1 aliphatic heterocycles. The monoisotopic (exact) mass is 452 g/mol. The molecule has 1 aromatic heterocycles. The fraction of sp³-hybridized carbons (Fsp3) is 0.800. The van der Waals surface area contributed by atoms with Gasteiger partial charge in [0.15, 0.2) is 5.96 Å². The predicted molar refractivity (Wildman–Crippen MR) is 109 cm³/mol. The summed E-state index contributed by atoms with van der Waals surface area (Å²) >= 11 is 1.82. The van der Waals surface area contributed by atoms with Gasteiger partial charge in [0.25, 0.3) is 0 Å². The third kappa shape index (κ3) is 6.86. The molecule has 0 unspecified atom stereocenters. The first kappa shape index (κ1) is 20.5. The molecule has 2 heterocycles. The molecule has 0 aliphatic carbocycles. The van der Waals surface area contributed by atoms with Gasteiger partial charge in [-0.15, -0.1) is 34.2 Å². The molecular weight excluding hydrogens is 423 g/mol. The Balaban J connectivity index is 0.00000264. The Labute approximate surface area is 160 Å². The lowest BCUT2D eigenvalue weighted by atomic mass is 10.2. The Morgan fingerprint density at radius 1 is 1.26 bits per heavy atom. The number of fused-ring (bicyclic) bond motifs is 1. The molecule has 132 valence electrons. The number of guanidine groups is 1. The second-order valence-corrected chi connectivity index (χ2v) is 6.41. The number of nitrogens with one attached hydrogen (secondary N) is 2. The Kier molecular flexibility index (Phi) is 10.7. The van der Waals surface area contributed by atoms with Crippen LogP contribution in [0.4, 0.5) is 0 Å². The number of hydrogen-bond donors (Lipinski definition) is 2. The molecule has 2 N–H and O–H groups in total. The van der Waals surface area contributed by atoms with Gasteiger partial charge in [0, 0.05) is 38.2 Å². The summed E-state index contributed by atoms with van der Waals surface area (Å²) < 4.78 is 2.31. The lowest BCUT2D eigenvalue weighted by Crippen LogP contribution is -2.38. The van der Waals surface area contributed by atoms with E-state index < -0.39 is 0 Å². The molecule has 0 spiro atoms. The van der Waals surface area contributed by atoms with E-state index in [-0.39, 0.29) is 24.0 Å². The number of thioether (sulfide) groups is 1. The minimum absolute atomic E-state index is 0. The van der Waals surface area contributed by atoms with Crippen LogP contribution in [0, 0.1) is 0 Å². The van der Waals surface area contributed by atoms with Crippen molar-refractivity contribution in [3.63, 3.8) is 0 Å². The quantitative estimate of drug-likeness (QED) is 0.287. The predicted octanol–water partition coefficient (Wildman–Crippen LogP) is 2.08. The lowest BCUT2D eigenvalue weighted by molar-refractivity contribution is 0.600. The van der Waals surface area contributed by atoms with Crippen LogP contribution in [0.3, 0.4) is 0 Å². The highest BCUT2D eigenvalue weighted by atomic mass is 127. The molecule has 0 fully saturated rings. The number of hydrogen-bond acceptors (Lipinski definition) is 4. The van der Waals surface area contributed by atoms with Crippen LogP contribution in [0.2, 0.25) is 0 Å². The molecule has 1 aromatic rings. The fourth-order valence-corrected chi connectivity index (χ4v) is 2.89. The summed E-state index contributed by atoms with van der Waals surface area (Å²) in [4.78, 5) is 4.56. The van der Waals surface area contributed by atoms with Gasteiger partial charge >= 0.3 is 0 Å². The van der Waals surface area contributed by atoms with E-state index in [1.54, 1.807) is 0 Å². The largest absolute Gasteiger partial charge is 0.357 e. The maximum absolute atomic E-state index is 4.56. The molecule has 0 bridgehead atoms. The maximum Gasteiger partial charge on any atom is 0.191 e. The summed E-state index contributed by atoms with van der Waals surface area (Å²) in [6, 6.07) is 0. The van der Waals surface area contributed by atoms with Gasteiger partial charge in [0.2, 0.25) is 0 Å². The van der Waals surface area contributed by atoms with Crippen LogP contribution in [0.25, 0.3) is 0 Å². The molecule has 0 atom stereocenters. The third-order valence-electron chi connectivity index (χ3n) is 3.74. The van der Waals surface area contributed by atoms with Gasteiger partial charge < -0.3 is 15.2 Å². The Morgan fingerprint density at radius 3 is 2.91 bits per heavy atom. The van der Waals surface area contributed by atoms with Gasteiger partial charge in [-0.05, 0) is 26.0 Å². The van der Waals surface area contributed by atoms with E-state index in [1.165, 1.54) is 19.3 Å². The highest BCUT2D eigenvalue weighted by Crippen LogP contribution is 2.14. The maximum atomic E-state index is 4.56. The lowest BCUT2D eigenvalue weighted by Gasteiger charge is -2.11. The van der Waals surface area contributed by atoms with Gasteiger partial charge in [0.05, 0.1) is 6.54 Å². The Bertz CT molecular complexity index is 477. The van der Waals surface area contributed by atoms with Crippen molar-refractivity contribution in [2.24, 2.45) is 4.99 Å². The highest BCUT2D eigenvalue weighted by molar-refractivity contribution is 14.0. The molecule has 1 aliphatic rings. The number of aliphatic imine (C=N–C) groups is 1. The first-order chi connectivity index (χ1) is 10.8. The molecule has 8 heteroatoms. The van der Waals surface area contributed by atoms with Crippen LogP contribution in [-0.2, 0) is 19.4 Å². The molecule has 0 saturated carbocycles. The van der Waals surface area contributed by atoms with E-state index >= 15 is 0 Å². The van der Waals surface area contributed by atoms with Gasteiger partial charge in [-0.2, -0.15) is 11.8 Å². The van der Waals surface area contributed by atoms with Crippen LogP contribution >= 0.6 is 35.7 Å². The van der Waals surface area contributed by atoms with Crippen molar-refractivity contribution in [1.29, 1.82) is 0 Å². The summed E-state index contributed by atoms with van der Waals surface area (Å²) in [5, 5.41) is 15.4. The van der Waals surface area contributed by atoms with E-state index in [9.17, 15) is 0 Å². The normalized spacial score (nSPS) is 14.6. The van der Waals surface area contributed by atoms with E-state index in [1.807, 2.05) is 11.8 Å². The molecule has 0 amide bonds. The molecular formula is C15H29IN6S. The van der Waals surface area contributed by atoms with Gasteiger partial charge in [-0.25, -0.2) is 0 Å². The highest BCUT2D eigenvalue weighted by Gasteiger charge is 2.14. The van der Waals surface area contributed by atoms with E-state index in [4.69, 9.17) is 0 Å². The Morgan fingerprint density at radius 2 is 2.13 bits per heavy atom. The van der Waals surface area contributed by atoms with Crippen molar-refractivity contribution in [1.82, 2.24) is 25.4 Å². The average molecular weight is 452 g/mol. The van der Waals surface area contributed by atoms with Crippen molar-refractivity contribution in [3.05, 3.63) is 11.6 Å². The van der Waals surface area contributed by atoms with E-state index in [0.717, 1.165) is 62.4 Å². The summed E-state index contributed by atoms with van der Waals surface area (Å²) in [5.41, 5.74) is 0. The standard InChI is InChI=1S/C15H28N6S.HI/c1-3-16-15(18-10-12-22-2)17-9-8-14-20-19-13-7-5-4-6-11-21(13)14;/h3-12H2,1-2H3,(H2,16,17,18);1H. The van der Waals surface area contributed by atoms with Crippen molar-refractivity contribution < 1.29 is 0 Å². The summed E-state index contributed by atoms with van der Waals surface area (Å²) in [6.45, 7) is 5.72. The van der Waals surface area contributed by atoms with E-state index in [2.05, 4.69) is 43.6 Å². The number of aromatic nitrogens is 3. The molecule has 0 radical (unpaired) electrons. The van der Waals surface area contributed by atoms with Crippen LogP contribution in [0.5, 0.6) is 0 Å². The topological polar surface area (TPSA) is 67.1 Å². The zero-order valence-corrected chi connectivity index (χ0v) is 17.3. The molecule has 2 rings (SSSR count). The van der Waals surface area contributed by atoms with Gasteiger partial charge in [0.1, 0.15) is 11.6 Å². The molecule has 0 aromatic carbocycles. The molecule has 0 saturated heterocycles. The number of nitrogens with zero attached hydrogens (tertiary/aromatic N) is 4. The van der Waals surface area contributed by atoms with Crippen LogP contribution in [0.1, 0.15) is 37.8 Å². The van der Waals surface area contributed by atoms with E-state index in [0.29, 0.717) is 0 Å². The number of rotatable bonds is 7. The van der Waals surface area contributed by atoms with Crippen molar-refractivity contribution in [2.45, 2.75) is 45.6 Å². The van der Waals surface area contributed by atoms with Crippen LogP contribution in [0.15, 0.2) is 4.99 Å². The van der Waals surface area contributed by atoms with Crippen molar-refractivity contribution in [3.8, 4) is 0 Å². The summed E-state index contributed by atoms with van der Waals surface area (Å²) in [7, 11) is 0. The van der Waals surface area contributed by atoms with Gasteiger partial charge in [-0.3, -0.25) is 4.99 Å². The number of halogens is 1.